The first-order valence-electron chi connectivity index (χ1n) is 7.75. The maximum Gasteiger partial charge on any atom is 0.335 e. The first kappa shape index (κ1) is 16.2. The quantitative estimate of drug-likeness (QED) is 0.568. The third-order valence-corrected chi connectivity index (χ3v) is 3.51. The van der Waals surface area contributed by atoms with Crippen LogP contribution in [-0.2, 0) is 0 Å². The standard InChI is InChI=1S/C22H15NO2/c24-22(25)20-12-14-21(15-13-20)23-16-19-10-8-18(9-11-19)7-6-17-4-2-1-3-5-17/h1-5,8-16H,(H,24,25). The van der Waals surface area contributed by atoms with Crippen LogP contribution in [0.3, 0.4) is 0 Å². The van der Waals surface area contributed by atoms with E-state index in [4.69, 9.17) is 5.11 Å². The average Bonchev–Trinajstić information content (AvgIpc) is 2.67. The summed E-state index contributed by atoms with van der Waals surface area (Å²) in [7, 11) is 0. The lowest BCUT2D eigenvalue weighted by Crippen LogP contribution is -1.94. The molecule has 0 aliphatic heterocycles. The molecular weight excluding hydrogens is 310 g/mol. The minimum atomic E-state index is -0.942. The average molecular weight is 325 g/mol. The molecule has 3 rings (SSSR count). The van der Waals surface area contributed by atoms with Gasteiger partial charge in [-0.15, -0.1) is 0 Å². The van der Waals surface area contributed by atoms with Gasteiger partial charge in [-0.1, -0.05) is 42.2 Å². The van der Waals surface area contributed by atoms with E-state index in [1.54, 1.807) is 18.3 Å². The lowest BCUT2D eigenvalue weighted by molar-refractivity contribution is 0.0697. The number of aromatic carboxylic acids is 1. The minimum Gasteiger partial charge on any atom is -0.478 e. The van der Waals surface area contributed by atoms with Gasteiger partial charge in [0.15, 0.2) is 0 Å². The van der Waals surface area contributed by atoms with Crippen LogP contribution in [0.5, 0.6) is 0 Å². The molecule has 0 unspecified atom stereocenters. The Balaban J connectivity index is 1.68. The molecule has 0 atom stereocenters. The van der Waals surface area contributed by atoms with Crippen molar-refractivity contribution >= 4 is 17.9 Å². The van der Waals surface area contributed by atoms with Gasteiger partial charge in [-0.2, -0.15) is 0 Å². The molecule has 3 aromatic rings. The molecule has 0 saturated carbocycles. The largest absolute Gasteiger partial charge is 0.478 e. The first-order valence-corrected chi connectivity index (χ1v) is 7.75. The molecule has 120 valence electrons. The van der Waals surface area contributed by atoms with Crippen LogP contribution in [0.15, 0.2) is 83.9 Å². The van der Waals surface area contributed by atoms with Crippen molar-refractivity contribution in [3.8, 4) is 11.8 Å². The van der Waals surface area contributed by atoms with E-state index < -0.39 is 5.97 Å². The van der Waals surface area contributed by atoms with Gasteiger partial charge in [-0.3, -0.25) is 4.99 Å². The van der Waals surface area contributed by atoms with Gasteiger partial charge in [-0.05, 0) is 54.1 Å². The van der Waals surface area contributed by atoms with Gasteiger partial charge >= 0.3 is 5.97 Å². The van der Waals surface area contributed by atoms with E-state index in [2.05, 4.69) is 16.8 Å². The molecule has 0 aliphatic rings. The van der Waals surface area contributed by atoms with Gasteiger partial charge in [0.1, 0.15) is 0 Å². The van der Waals surface area contributed by atoms with Crippen LogP contribution in [0.4, 0.5) is 5.69 Å². The monoisotopic (exact) mass is 325 g/mol. The Bertz CT molecular complexity index is 945. The van der Waals surface area contributed by atoms with E-state index >= 15 is 0 Å². The van der Waals surface area contributed by atoms with Gasteiger partial charge < -0.3 is 5.11 Å². The SMILES string of the molecule is O=C(O)c1ccc(N=Cc2ccc(C#Cc3ccccc3)cc2)cc1. The van der Waals surface area contributed by atoms with Crippen molar-refractivity contribution in [2.75, 3.05) is 0 Å². The molecule has 0 saturated heterocycles. The molecule has 3 aromatic carbocycles. The minimum absolute atomic E-state index is 0.250. The molecule has 0 heterocycles. The molecule has 25 heavy (non-hydrogen) atoms. The lowest BCUT2D eigenvalue weighted by Gasteiger charge is -1.97. The van der Waals surface area contributed by atoms with Crippen molar-refractivity contribution < 1.29 is 9.90 Å². The van der Waals surface area contributed by atoms with Crippen molar-refractivity contribution in [1.29, 1.82) is 0 Å². The highest BCUT2D eigenvalue weighted by Crippen LogP contribution is 2.13. The number of carboxylic acid groups (broad SMARTS) is 1. The van der Waals surface area contributed by atoms with E-state index in [-0.39, 0.29) is 5.56 Å². The van der Waals surface area contributed by atoms with Crippen molar-refractivity contribution in [3.63, 3.8) is 0 Å². The maximum atomic E-state index is 10.8. The summed E-state index contributed by atoms with van der Waals surface area (Å²) in [5.74, 6) is 5.31. The zero-order valence-corrected chi connectivity index (χ0v) is 13.4. The summed E-state index contributed by atoms with van der Waals surface area (Å²) in [5, 5.41) is 8.88. The Hall–Kier alpha value is -3.64. The number of aliphatic imine (C=N–C) groups is 1. The molecule has 0 bridgehead atoms. The fourth-order valence-corrected chi connectivity index (χ4v) is 2.16. The predicted octanol–water partition coefficient (Wildman–Crippen LogP) is 4.54. The Kier molecular flexibility index (Phi) is 5.04. The molecule has 3 nitrogen and oxygen atoms in total. The zero-order chi connectivity index (χ0) is 17.5. The van der Waals surface area contributed by atoms with Gasteiger partial charge in [0.05, 0.1) is 11.3 Å². The molecule has 0 aromatic heterocycles. The van der Waals surface area contributed by atoms with Crippen molar-refractivity contribution in [2.24, 2.45) is 4.99 Å². The molecule has 1 N–H and O–H groups in total. The summed E-state index contributed by atoms with van der Waals surface area (Å²) < 4.78 is 0. The second kappa shape index (κ2) is 7.76. The fourth-order valence-electron chi connectivity index (χ4n) is 2.16. The fraction of sp³-hybridized carbons (Fsp3) is 0. The van der Waals surface area contributed by atoms with Gasteiger partial charge in [-0.25, -0.2) is 4.79 Å². The van der Waals surface area contributed by atoms with Crippen LogP contribution >= 0.6 is 0 Å². The maximum absolute atomic E-state index is 10.8. The van der Waals surface area contributed by atoms with Gasteiger partial charge in [0.25, 0.3) is 0 Å². The van der Waals surface area contributed by atoms with Crippen LogP contribution in [0.1, 0.15) is 27.0 Å². The smallest absolute Gasteiger partial charge is 0.335 e. The number of hydrogen-bond donors (Lipinski definition) is 1. The molecule has 0 radical (unpaired) electrons. The number of hydrogen-bond acceptors (Lipinski definition) is 2. The van der Waals surface area contributed by atoms with E-state index in [0.717, 1.165) is 16.7 Å². The van der Waals surface area contributed by atoms with E-state index in [1.165, 1.54) is 12.1 Å². The normalized spacial score (nSPS) is 10.2. The predicted molar refractivity (Wildman–Crippen MR) is 99.5 cm³/mol. The first-order chi connectivity index (χ1) is 12.2. The number of benzene rings is 3. The van der Waals surface area contributed by atoms with Gasteiger partial charge in [0, 0.05) is 17.3 Å². The number of rotatable bonds is 3. The number of carbonyl (C=O) groups is 1. The number of carboxylic acids is 1. The molecule has 0 spiro atoms. The Morgan fingerprint density at radius 1 is 0.800 bits per heavy atom. The molecule has 0 fully saturated rings. The van der Waals surface area contributed by atoms with Crippen molar-refractivity contribution in [2.45, 2.75) is 0 Å². The molecule has 0 aliphatic carbocycles. The highest BCUT2D eigenvalue weighted by Gasteiger charge is 2.00. The van der Waals surface area contributed by atoms with Gasteiger partial charge in [0.2, 0.25) is 0 Å². The Morgan fingerprint density at radius 3 is 2.00 bits per heavy atom. The van der Waals surface area contributed by atoms with Crippen LogP contribution < -0.4 is 0 Å². The van der Waals surface area contributed by atoms with E-state index in [1.807, 2.05) is 54.6 Å². The summed E-state index contributed by atoms with van der Waals surface area (Å²) in [4.78, 5) is 15.2. The summed E-state index contributed by atoms with van der Waals surface area (Å²) in [5.41, 5.74) is 3.83. The topological polar surface area (TPSA) is 49.7 Å². The van der Waals surface area contributed by atoms with E-state index in [0.29, 0.717) is 5.69 Å². The molecule has 0 amide bonds. The second-order valence-corrected chi connectivity index (χ2v) is 5.35. The Morgan fingerprint density at radius 2 is 1.40 bits per heavy atom. The summed E-state index contributed by atoms with van der Waals surface area (Å²) in [6, 6.07) is 24.1. The summed E-state index contributed by atoms with van der Waals surface area (Å²) >= 11 is 0. The zero-order valence-electron chi connectivity index (χ0n) is 13.4. The molecular formula is C22H15NO2. The van der Waals surface area contributed by atoms with Crippen LogP contribution in [0.25, 0.3) is 0 Å². The van der Waals surface area contributed by atoms with Crippen molar-refractivity contribution in [1.82, 2.24) is 0 Å². The third kappa shape index (κ3) is 4.66. The molecule has 3 heteroatoms. The lowest BCUT2D eigenvalue weighted by atomic mass is 10.1. The number of nitrogens with zero attached hydrogens (tertiary/aromatic N) is 1. The van der Waals surface area contributed by atoms with Crippen LogP contribution in [0, 0.1) is 11.8 Å². The van der Waals surface area contributed by atoms with Crippen molar-refractivity contribution in [3.05, 3.63) is 101 Å². The van der Waals surface area contributed by atoms with Crippen LogP contribution in [-0.4, -0.2) is 17.3 Å². The third-order valence-electron chi connectivity index (χ3n) is 3.51. The summed E-state index contributed by atoms with van der Waals surface area (Å²) in [6.45, 7) is 0. The highest BCUT2D eigenvalue weighted by atomic mass is 16.4. The second-order valence-electron chi connectivity index (χ2n) is 5.35. The van der Waals surface area contributed by atoms with Crippen LogP contribution in [0.2, 0.25) is 0 Å². The Labute approximate surface area is 146 Å². The highest BCUT2D eigenvalue weighted by molar-refractivity contribution is 5.88. The van der Waals surface area contributed by atoms with E-state index in [9.17, 15) is 4.79 Å². The summed E-state index contributed by atoms with van der Waals surface area (Å²) in [6.07, 6.45) is 1.74.